The van der Waals surface area contributed by atoms with E-state index in [0.29, 0.717) is 19.5 Å². The average Bonchev–Trinajstić information content (AvgIpc) is 3.52. The molecule has 3 aliphatic heterocycles. The number of hydrazine groups is 1. The van der Waals surface area contributed by atoms with Crippen LogP contribution >= 0.6 is 0 Å². The highest BCUT2D eigenvalue weighted by molar-refractivity contribution is 5.98. The zero-order valence-corrected chi connectivity index (χ0v) is 18.6. The fourth-order valence-corrected chi connectivity index (χ4v) is 5.78. The summed E-state index contributed by atoms with van der Waals surface area (Å²) in [6, 6.07) is 21.8. The Morgan fingerprint density at radius 3 is 2.55 bits per heavy atom. The van der Waals surface area contributed by atoms with Crippen LogP contribution in [0.3, 0.4) is 0 Å². The molecule has 4 heterocycles. The number of pyridine rings is 1. The van der Waals surface area contributed by atoms with Crippen molar-refractivity contribution in [1.29, 1.82) is 0 Å². The van der Waals surface area contributed by atoms with Crippen molar-refractivity contribution < 1.29 is 9.59 Å². The summed E-state index contributed by atoms with van der Waals surface area (Å²) >= 11 is 0. The van der Waals surface area contributed by atoms with Gasteiger partial charge in [-0.05, 0) is 36.1 Å². The number of nitrogens with zero attached hydrogens (tertiary/aromatic N) is 4. The van der Waals surface area contributed by atoms with Gasteiger partial charge in [-0.25, -0.2) is 9.99 Å². The Balaban J connectivity index is 1.51. The van der Waals surface area contributed by atoms with Crippen LogP contribution in [0.1, 0.15) is 40.8 Å². The lowest BCUT2D eigenvalue weighted by Crippen LogP contribution is -2.40. The summed E-state index contributed by atoms with van der Waals surface area (Å²) in [6.07, 6.45) is 3.02. The summed E-state index contributed by atoms with van der Waals surface area (Å²) in [5.74, 6) is 0.449. The van der Waals surface area contributed by atoms with E-state index >= 15 is 0 Å². The number of benzene rings is 2. The third-order valence-corrected chi connectivity index (χ3v) is 7.16. The zero-order chi connectivity index (χ0) is 22.5. The summed E-state index contributed by atoms with van der Waals surface area (Å²) in [5, 5.41) is 3.99. The normalized spacial score (nSPS) is 24.3. The van der Waals surface area contributed by atoms with Crippen LogP contribution in [-0.2, 0) is 16.0 Å². The third kappa shape index (κ3) is 3.16. The molecule has 3 atom stereocenters. The van der Waals surface area contributed by atoms with Gasteiger partial charge in [0.05, 0.1) is 18.0 Å². The first-order chi connectivity index (χ1) is 16.1. The molecule has 3 aliphatic rings. The van der Waals surface area contributed by atoms with Gasteiger partial charge in [-0.2, -0.15) is 0 Å². The molecule has 0 aliphatic carbocycles. The quantitative estimate of drug-likeness (QED) is 0.624. The van der Waals surface area contributed by atoms with Crippen LogP contribution in [0.2, 0.25) is 0 Å². The predicted octanol–water partition coefficient (Wildman–Crippen LogP) is 3.84. The molecule has 0 bridgehead atoms. The highest BCUT2D eigenvalue weighted by Gasteiger charge is 2.57. The van der Waals surface area contributed by atoms with Gasteiger partial charge in [0, 0.05) is 25.7 Å². The fraction of sp³-hybridized carbons (Fsp3) is 0.296. The first kappa shape index (κ1) is 20.1. The highest BCUT2D eigenvalue weighted by atomic mass is 16.2. The van der Waals surface area contributed by atoms with Crippen LogP contribution in [0.15, 0.2) is 72.9 Å². The Morgan fingerprint density at radius 1 is 0.909 bits per heavy atom. The molecule has 0 spiro atoms. The molecule has 2 fully saturated rings. The minimum atomic E-state index is -0.425. The van der Waals surface area contributed by atoms with E-state index in [1.54, 1.807) is 6.20 Å². The molecule has 0 radical (unpaired) electrons. The second-order valence-corrected chi connectivity index (χ2v) is 9.12. The van der Waals surface area contributed by atoms with Crippen molar-refractivity contribution in [3.8, 4) is 0 Å². The van der Waals surface area contributed by atoms with Crippen LogP contribution in [0.4, 0.5) is 5.82 Å². The van der Waals surface area contributed by atoms with Gasteiger partial charge in [0.25, 0.3) is 0 Å². The fourth-order valence-electron chi connectivity index (χ4n) is 5.78. The van der Waals surface area contributed by atoms with Crippen molar-refractivity contribution in [2.45, 2.75) is 31.8 Å². The Hall–Kier alpha value is -3.51. The van der Waals surface area contributed by atoms with Gasteiger partial charge in [0.1, 0.15) is 5.82 Å². The average molecular weight is 439 g/mol. The molecule has 3 aromatic rings. The van der Waals surface area contributed by atoms with Gasteiger partial charge < -0.3 is 0 Å². The highest BCUT2D eigenvalue weighted by Crippen LogP contribution is 2.52. The van der Waals surface area contributed by atoms with Crippen molar-refractivity contribution >= 4 is 17.6 Å². The van der Waals surface area contributed by atoms with Crippen LogP contribution in [0.25, 0.3) is 0 Å². The second-order valence-electron chi connectivity index (χ2n) is 9.12. The molecule has 0 N–H and O–H groups in total. The molecular formula is C27H26N4O2. The molecule has 6 nitrogen and oxygen atoms in total. The van der Waals surface area contributed by atoms with Gasteiger partial charge >= 0.3 is 0 Å². The first-order valence-corrected chi connectivity index (χ1v) is 11.6. The molecule has 33 heavy (non-hydrogen) atoms. The van der Waals surface area contributed by atoms with Gasteiger partial charge in [-0.1, -0.05) is 66.2 Å². The molecule has 1 aromatic heterocycles. The smallest absolute Gasteiger partial charge is 0.238 e. The molecule has 6 heteroatoms. The lowest BCUT2D eigenvalue weighted by Gasteiger charge is -2.29. The van der Waals surface area contributed by atoms with Gasteiger partial charge in [0.15, 0.2) is 0 Å². The molecule has 166 valence electrons. The van der Waals surface area contributed by atoms with Crippen molar-refractivity contribution in [1.82, 2.24) is 15.0 Å². The SMILES string of the molecule is Cc1cccc([C@@H]2[C@@H](C(=O)N3CCc4cccnc43)[C@@H](c3ccccc3)N3CCC(=O)N23)c1. The van der Waals surface area contributed by atoms with E-state index in [9.17, 15) is 9.59 Å². The molecule has 2 amide bonds. The minimum absolute atomic E-state index is 0.0370. The number of aryl methyl sites for hydroxylation is 1. The number of carbonyl (C=O) groups excluding carboxylic acids is 2. The number of anilines is 1. The largest absolute Gasteiger partial charge is 0.296 e. The maximum atomic E-state index is 14.3. The van der Waals surface area contributed by atoms with Crippen molar-refractivity contribution in [3.05, 3.63) is 95.2 Å². The zero-order valence-electron chi connectivity index (χ0n) is 18.6. The van der Waals surface area contributed by atoms with E-state index in [1.165, 1.54) is 0 Å². The van der Waals surface area contributed by atoms with Crippen molar-refractivity contribution in [3.63, 3.8) is 0 Å². The standard InChI is InChI=1S/C27H26N4O2/c1-18-7-5-10-21(17-18)25-23(27(33)29-15-12-20-11-6-14-28-26(20)29)24(19-8-3-2-4-9-19)30-16-13-22(32)31(25)30/h2-11,14,17,23-25H,12-13,15-16H2,1H3/t23-,24+,25+/m0/s1. The van der Waals surface area contributed by atoms with E-state index in [4.69, 9.17) is 0 Å². The summed E-state index contributed by atoms with van der Waals surface area (Å²) < 4.78 is 0. The van der Waals surface area contributed by atoms with E-state index in [0.717, 1.165) is 34.5 Å². The first-order valence-electron chi connectivity index (χ1n) is 11.6. The maximum absolute atomic E-state index is 14.3. The number of hydrogen-bond acceptors (Lipinski definition) is 4. The predicted molar refractivity (Wildman–Crippen MR) is 125 cm³/mol. The molecule has 2 saturated heterocycles. The summed E-state index contributed by atoms with van der Waals surface area (Å²) in [6.45, 7) is 3.30. The summed E-state index contributed by atoms with van der Waals surface area (Å²) in [7, 11) is 0. The molecule has 6 rings (SSSR count). The summed E-state index contributed by atoms with van der Waals surface area (Å²) in [5.41, 5.74) is 4.29. The third-order valence-electron chi connectivity index (χ3n) is 7.16. The van der Waals surface area contributed by atoms with Gasteiger partial charge in [-0.15, -0.1) is 0 Å². The van der Waals surface area contributed by atoms with Crippen LogP contribution in [0.5, 0.6) is 0 Å². The lowest BCUT2D eigenvalue weighted by molar-refractivity contribution is -0.139. The number of fused-ring (bicyclic) bond motifs is 2. The molecule has 2 aromatic carbocycles. The Bertz CT molecular complexity index is 1230. The molecule has 0 saturated carbocycles. The van der Waals surface area contributed by atoms with Crippen molar-refractivity contribution in [2.75, 3.05) is 18.0 Å². The van der Waals surface area contributed by atoms with Crippen LogP contribution < -0.4 is 4.90 Å². The molecule has 0 unspecified atom stereocenters. The number of hydrogen-bond donors (Lipinski definition) is 0. The van der Waals surface area contributed by atoms with E-state index in [2.05, 4.69) is 28.2 Å². The summed E-state index contributed by atoms with van der Waals surface area (Å²) in [4.78, 5) is 33.8. The number of aromatic nitrogens is 1. The number of rotatable bonds is 3. The van der Waals surface area contributed by atoms with Gasteiger partial charge in [0.2, 0.25) is 11.8 Å². The van der Waals surface area contributed by atoms with Crippen molar-refractivity contribution in [2.24, 2.45) is 5.92 Å². The number of amides is 2. The Morgan fingerprint density at radius 2 is 1.73 bits per heavy atom. The maximum Gasteiger partial charge on any atom is 0.238 e. The minimum Gasteiger partial charge on any atom is -0.296 e. The van der Waals surface area contributed by atoms with E-state index < -0.39 is 5.92 Å². The van der Waals surface area contributed by atoms with Crippen LogP contribution in [-0.4, -0.2) is 39.9 Å². The topological polar surface area (TPSA) is 56.8 Å². The number of carbonyl (C=O) groups is 2. The molecular weight excluding hydrogens is 412 g/mol. The van der Waals surface area contributed by atoms with Gasteiger partial charge in [-0.3, -0.25) is 19.5 Å². The van der Waals surface area contributed by atoms with E-state index in [-0.39, 0.29) is 23.9 Å². The Labute approximate surface area is 193 Å². The van der Waals surface area contributed by atoms with Crippen LogP contribution in [0, 0.1) is 12.8 Å². The Kier molecular flexibility index (Phi) is 4.76. The monoisotopic (exact) mass is 438 g/mol. The lowest BCUT2D eigenvalue weighted by atomic mass is 9.83. The van der Waals surface area contributed by atoms with E-state index in [1.807, 2.05) is 65.4 Å². The second kappa shape index (κ2) is 7.81.